The normalized spacial score (nSPS) is 12.7. The molecule has 0 aliphatic heterocycles. The highest BCUT2D eigenvalue weighted by Crippen LogP contribution is 2.34. The number of halogens is 1. The molecule has 0 bridgehead atoms. The fourth-order valence-corrected chi connectivity index (χ4v) is 1.84. The summed E-state index contributed by atoms with van der Waals surface area (Å²) in [6.07, 6.45) is 6.00. The van der Waals surface area contributed by atoms with Crippen molar-refractivity contribution in [2.75, 3.05) is 14.2 Å². The molecule has 3 heteroatoms. The van der Waals surface area contributed by atoms with Crippen LogP contribution in [0.2, 0.25) is 0 Å². The van der Waals surface area contributed by atoms with E-state index in [1.54, 1.807) is 13.2 Å². The Labute approximate surface area is 108 Å². The summed E-state index contributed by atoms with van der Waals surface area (Å²) in [6.45, 7) is 4.09. The number of ether oxygens (including phenoxy) is 2. The van der Waals surface area contributed by atoms with Gasteiger partial charge in [-0.15, -0.1) is 0 Å². The standard InChI is InChI=1S/C15H21FO2/c1-5-6-7-8-11(2)12-9-14(17-3)15(18-4)10-13(12)16/h6-7,9-11H,5,8H2,1-4H3/b7-6-. The Morgan fingerprint density at radius 3 is 2.33 bits per heavy atom. The van der Waals surface area contributed by atoms with Gasteiger partial charge in [0.1, 0.15) is 5.82 Å². The molecule has 0 amide bonds. The molecule has 2 nitrogen and oxygen atoms in total. The molecule has 1 aromatic rings. The van der Waals surface area contributed by atoms with Gasteiger partial charge in [0.25, 0.3) is 0 Å². The van der Waals surface area contributed by atoms with Crippen LogP contribution in [0.4, 0.5) is 4.39 Å². The third kappa shape index (κ3) is 3.49. The van der Waals surface area contributed by atoms with E-state index in [4.69, 9.17) is 9.47 Å². The monoisotopic (exact) mass is 252 g/mol. The third-order valence-corrected chi connectivity index (χ3v) is 2.93. The number of benzene rings is 1. The zero-order chi connectivity index (χ0) is 13.5. The Bertz CT molecular complexity index is 413. The summed E-state index contributed by atoms with van der Waals surface area (Å²) in [5, 5.41) is 0. The minimum absolute atomic E-state index is 0.118. The second-order valence-electron chi connectivity index (χ2n) is 4.25. The predicted molar refractivity (Wildman–Crippen MR) is 72.0 cm³/mol. The Kier molecular flexibility index (Phi) is 5.69. The molecule has 1 unspecified atom stereocenters. The van der Waals surface area contributed by atoms with E-state index >= 15 is 0 Å². The van der Waals surface area contributed by atoms with Gasteiger partial charge in [0.15, 0.2) is 11.5 Å². The third-order valence-electron chi connectivity index (χ3n) is 2.93. The lowest BCUT2D eigenvalue weighted by Gasteiger charge is -2.14. The minimum atomic E-state index is -0.245. The van der Waals surface area contributed by atoms with Crippen LogP contribution in [-0.2, 0) is 0 Å². The van der Waals surface area contributed by atoms with E-state index in [-0.39, 0.29) is 11.7 Å². The summed E-state index contributed by atoms with van der Waals surface area (Å²) in [6, 6.07) is 3.10. The molecule has 0 spiro atoms. The molecule has 1 aromatic carbocycles. The fraction of sp³-hybridized carbons (Fsp3) is 0.467. The fourth-order valence-electron chi connectivity index (χ4n) is 1.84. The molecule has 18 heavy (non-hydrogen) atoms. The van der Waals surface area contributed by atoms with Gasteiger partial charge < -0.3 is 9.47 Å². The number of allylic oxidation sites excluding steroid dienone is 2. The van der Waals surface area contributed by atoms with Crippen LogP contribution in [0.25, 0.3) is 0 Å². The quantitative estimate of drug-likeness (QED) is 0.703. The molecule has 0 heterocycles. The SMILES string of the molecule is CC/C=C\CC(C)c1cc(OC)c(OC)cc1F. The first-order chi connectivity index (χ1) is 8.63. The highest BCUT2D eigenvalue weighted by molar-refractivity contribution is 5.44. The molecule has 0 N–H and O–H groups in total. The van der Waals surface area contributed by atoms with Crippen LogP contribution < -0.4 is 9.47 Å². The van der Waals surface area contributed by atoms with Crippen molar-refractivity contribution in [3.63, 3.8) is 0 Å². The molecule has 0 aliphatic carbocycles. The number of hydrogen-bond donors (Lipinski definition) is 0. The highest BCUT2D eigenvalue weighted by atomic mass is 19.1. The lowest BCUT2D eigenvalue weighted by atomic mass is 9.96. The molecule has 1 rings (SSSR count). The summed E-state index contributed by atoms with van der Waals surface area (Å²) < 4.78 is 24.2. The van der Waals surface area contributed by atoms with Crippen LogP contribution >= 0.6 is 0 Å². The highest BCUT2D eigenvalue weighted by Gasteiger charge is 2.15. The molecule has 0 saturated heterocycles. The van der Waals surface area contributed by atoms with Crippen LogP contribution in [0.5, 0.6) is 11.5 Å². The van der Waals surface area contributed by atoms with E-state index < -0.39 is 0 Å². The van der Waals surface area contributed by atoms with E-state index in [1.807, 2.05) is 6.92 Å². The van der Waals surface area contributed by atoms with Crippen molar-refractivity contribution in [1.29, 1.82) is 0 Å². The molecule has 100 valence electrons. The first-order valence-corrected chi connectivity index (χ1v) is 6.20. The molecule has 0 radical (unpaired) electrons. The maximum Gasteiger partial charge on any atom is 0.163 e. The average Bonchev–Trinajstić information content (AvgIpc) is 2.38. The van der Waals surface area contributed by atoms with Crippen molar-refractivity contribution in [3.05, 3.63) is 35.7 Å². The minimum Gasteiger partial charge on any atom is -0.493 e. The first-order valence-electron chi connectivity index (χ1n) is 6.20. The maximum atomic E-state index is 14.0. The van der Waals surface area contributed by atoms with E-state index in [9.17, 15) is 4.39 Å². The second kappa shape index (κ2) is 7.04. The summed E-state index contributed by atoms with van der Waals surface area (Å²) >= 11 is 0. The van der Waals surface area contributed by atoms with Gasteiger partial charge in [-0.25, -0.2) is 4.39 Å². The van der Waals surface area contributed by atoms with Gasteiger partial charge in [0, 0.05) is 6.07 Å². The molecule has 0 aliphatic rings. The van der Waals surface area contributed by atoms with Crippen LogP contribution in [0.1, 0.15) is 38.2 Å². The van der Waals surface area contributed by atoms with Gasteiger partial charge in [-0.3, -0.25) is 0 Å². The number of hydrogen-bond acceptors (Lipinski definition) is 2. The van der Waals surface area contributed by atoms with Crippen molar-refractivity contribution < 1.29 is 13.9 Å². The van der Waals surface area contributed by atoms with Gasteiger partial charge in [-0.1, -0.05) is 26.0 Å². The topological polar surface area (TPSA) is 18.5 Å². The summed E-state index contributed by atoms with van der Waals surface area (Å²) in [5.74, 6) is 0.868. The average molecular weight is 252 g/mol. The van der Waals surface area contributed by atoms with E-state index in [1.165, 1.54) is 13.2 Å². The van der Waals surface area contributed by atoms with Crippen molar-refractivity contribution in [2.24, 2.45) is 0 Å². The van der Waals surface area contributed by atoms with Crippen LogP contribution in [0.3, 0.4) is 0 Å². The van der Waals surface area contributed by atoms with E-state index in [2.05, 4.69) is 19.1 Å². The first kappa shape index (κ1) is 14.6. The summed E-state index contributed by atoms with van der Waals surface area (Å²) in [4.78, 5) is 0. The molecule has 0 fully saturated rings. The predicted octanol–water partition coefficient (Wildman–Crippen LogP) is 4.30. The summed E-state index contributed by atoms with van der Waals surface area (Å²) in [5.41, 5.74) is 0.661. The molecule has 0 saturated carbocycles. The van der Waals surface area contributed by atoms with E-state index in [0.717, 1.165) is 12.8 Å². The lowest BCUT2D eigenvalue weighted by molar-refractivity contribution is 0.351. The Morgan fingerprint density at radius 2 is 1.78 bits per heavy atom. The molecule has 0 aromatic heterocycles. The van der Waals surface area contributed by atoms with Crippen LogP contribution in [-0.4, -0.2) is 14.2 Å². The van der Waals surface area contributed by atoms with Crippen molar-refractivity contribution >= 4 is 0 Å². The Morgan fingerprint density at radius 1 is 1.17 bits per heavy atom. The molecular formula is C15H21FO2. The number of methoxy groups -OCH3 is 2. The van der Waals surface area contributed by atoms with Gasteiger partial charge >= 0.3 is 0 Å². The van der Waals surface area contributed by atoms with Gasteiger partial charge in [-0.05, 0) is 30.4 Å². The van der Waals surface area contributed by atoms with Crippen LogP contribution in [0.15, 0.2) is 24.3 Å². The largest absolute Gasteiger partial charge is 0.493 e. The lowest BCUT2D eigenvalue weighted by Crippen LogP contribution is -2.00. The number of rotatable bonds is 6. The van der Waals surface area contributed by atoms with Crippen LogP contribution in [0, 0.1) is 5.82 Å². The zero-order valence-corrected chi connectivity index (χ0v) is 11.5. The van der Waals surface area contributed by atoms with Gasteiger partial charge in [0.2, 0.25) is 0 Å². The zero-order valence-electron chi connectivity index (χ0n) is 11.5. The van der Waals surface area contributed by atoms with Crippen molar-refractivity contribution in [1.82, 2.24) is 0 Å². The van der Waals surface area contributed by atoms with Crippen molar-refractivity contribution in [2.45, 2.75) is 32.6 Å². The van der Waals surface area contributed by atoms with Gasteiger partial charge in [0.05, 0.1) is 14.2 Å². The van der Waals surface area contributed by atoms with E-state index in [0.29, 0.717) is 17.1 Å². The Hall–Kier alpha value is -1.51. The molecule has 1 atom stereocenters. The Balaban J connectivity index is 2.97. The maximum absolute atomic E-state index is 14.0. The second-order valence-corrected chi connectivity index (χ2v) is 4.25. The van der Waals surface area contributed by atoms with Gasteiger partial charge in [-0.2, -0.15) is 0 Å². The smallest absolute Gasteiger partial charge is 0.163 e. The van der Waals surface area contributed by atoms with Crippen molar-refractivity contribution in [3.8, 4) is 11.5 Å². The summed E-state index contributed by atoms with van der Waals surface area (Å²) in [7, 11) is 3.06. The molecular weight excluding hydrogens is 231 g/mol.